The highest BCUT2D eigenvalue weighted by atomic mass is 16.6. The molecule has 1 atom stereocenters. The van der Waals surface area contributed by atoms with Crippen LogP contribution < -0.4 is 26.2 Å². The van der Waals surface area contributed by atoms with Crippen molar-refractivity contribution in [3.05, 3.63) is 62.8 Å². The number of carbonyl (C=O) groups excluding carboxylic acids is 1. The van der Waals surface area contributed by atoms with E-state index in [9.17, 15) is 14.4 Å². The number of piperidine rings is 1. The van der Waals surface area contributed by atoms with Gasteiger partial charge >= 0.3 is 11.8 Å². The van der Waals surface area contributed by atoms with E-state index in [0.29, 0.717) is 30.3 Å². The Balaban J connectivity index is 1.60. The number of methoxy groups -OCH3 is 1. The number of aryl methyl sites for hydroxylation is 1. The number of anilines is 1. The molecule has 43 heavy (non-hydrogen) atoms. The number of hydrogen-bond acceptors (Lipinski definition) is 7. The fraction of sp³-hybridized carbons (Fsp3) is 0.438. The first-order chi connectivity index (χ1) is 20.5. The molecule has 1 aliphatic rings. The monoisotopic (exact) mass is 586 g/mol. The van der Waals surface area contributed by atoms with Crippen LogP contribution in [0.4, 0.5) is 10.7 Å². The first-order valence-corrected chi connectivity index (χ1v) is 14.4. The molecule has 4 aromatic rings. The van der Waals surface area contributed by atoms with Crippen molar-refractivity contribution in [2.75, 3.05) is 25.1 Å². The zero-order valence-electron chi connectivity index (χ0n) is 25.6. The van der Waals surface area contributed by atoms with Gasteiger partial charge in [0.05, 0.1) is 20.2 Å². The van der Waals surface area contributed by atoms with E-state index in [2.05, 4.69) is 17.2 Å². The summed E-state index contributed by atoms with van der Waals surface area (Å²) in [6.45, 7) is 8.59. The minimum Gasteiger partial charge on any atom is -0.496 e. The number of benzene rings is 2. The Labute approximate surface area is 250 Å². The van der Waals surface area contributed by atoms with Gasteiger partial charge in [0.2, 0.25) is 5.95 Å². The Morgan fingerprint density at radius 3 is 2.63 bits per heavy atom. The molecule has 1 unspecified atom stereocenters. The SMILES string of the molecule is CC#CCn1c(N2CCCC(NC(=O)OC(C)(C)C)C2)nc2c1c(=O)n(Cc1c(OC)ccc3ccccc13)c(=O)n2C. The van der Waals surface area contributed by atoms with Crippen LogP contribution >= 0.6 is 0 Å². The number of nitrogens with zero attached hydrogens (tertiary/aromatic N) is 5. The molecule has 1 aliphatic heterocycles. The molecule has 0 aliphatic carbocycles. The normalized spacial score (nSPS) is 15.3. The van der Waals surface area contributed by atoms with E-state index >= 15 is 0 Å². The topological polar surface area (TPSA) is 113 Å². The van der Waals surface area contributed by atoms with Gasteiger partial charge in [-0.1, -0.05) is 36.3 Å². The highest BCUT2D eigenvalue weighted by Gasteiger charge is 2.29. The second kappa shape index (κ2) is 11.9. The van der Waals surface area contributed by atoms with Gasteiger partial charge in [0.15, 0.2) is 11.2 Å². The van der Waals surface area contributed by atoms with Crippen molar-refractivity contribution >= 4 is 34.0 Å². The molecule has 0 saturated carbocycles. The molecular weight excluding hydrogens is 548 g/mol. The number of carbonyl (C=O) groups is 1. The molecule has 11 nitrogen and oxygen atoms in total. The van der Waals surface area contributed by atoms with Crippen LogP contribution in [0.2, 0.25) is 0 Å². The molecule has 1 N–H and O–H groups in total. The average Bonchev–Trinajstić information content (AvgIpc) is 3.36. The van der Waals surface area contributed by atoms with Gasteiger partial charge in [-0.2, -0.15) is 4.98 Å². The van der Waals surface area contributed by atoms with Gasteiger partial charge in [-0.05, 0) is 57.4 Å². The van der Waals surface area contributed by atoms with Crippen molar-refractivity contribution in [3.8, 4) is 17.6 Å². The van der Waals surface area contributed by atoms with Gasteiger partial charge < -0.3 is 19.7 Å². The molecule has 0 bridgehead atoms. The third-order valence-corrected chi connectivity index (χ3v) is 7.59. The lowest BCUT2D eigenvalue weighted by Gasteiger charge is -2.34. The highest BCUT2D eigenvalue weighted by Crippen LogP contribution is 2.29. The fourth-order valence-electron chi connectivity index (χ4n) is 5.63. The van der Waals surface area contributed by atoms with Gasteiger partial charge in [0.1, 0.15) is 11.4 Å². The number of hydrogen-bond donors (Lipinski definition) is 1. The number of ether oxygens (including phenoxy) is 2. The first kappa shape index (κ1) is 29.8. The lowest BCUT2D eigenvalue weighted by atomic mass is 10.0. The average molecular weight is 587 g/mol. The summed E-state index contributed by atoms with van der Waals surface area (Å²) < 4.78 is 15.5. The minimum atomic E-state index is -0.605. The smallest absolute Gasteiger partial charge is 0.407 e. The summed E-state index contributed by atoms with van der Waals surface area (Å²) in [6, 6.07) is 11.4. The van der Waals surface area contributed by atoms with E-state index in [0.717, 1.165) is 29.2 Å². The Morgan fingerprint density at radius 2 is 1.91 bits per heavy atom. The third kappa shape index (κ3) is 5.95. The molecular formula is C32H38N6O5. The van der Waals surface area contributed by atoms with Crippen LogP contribution in [0, 0.1) is 11.8 Å². The maximum Gasteiger partial charge on any atom is 0.407 e. The van der Waals surface area contributed by atoms with E-state index in [-0.39, 0.29) is 24.8 Å². The fourth-order valence-corrected chi connectivity index (χ4v) is 5.63. The van der Waals surface area contributed by atoms with Crippen molar-refractivity contribution in [1.82, 2.24) is 24.0 Å². The second-order valence-corrected chi connectivity index (χ2v) is 11.7. The number of aromatic nitrogens is 4. The number of rotatable bonds is 6. The lowest BCUT2D eigenvalue weighted by Crippen LogP contribution is -2.49. The summed E-state index contributed by atoms with van der Waals surface area (Å²) in [4.78, 5) is 47.2. The predicted octanol–water partition coefficient (Wildman–Crippen LogP) is 3.62. The standard InChI is InChI=1S/C32H38N6O5/c1-7-8-18-37-26-27(34-29(37)36-17-11-13-22(19-36)33-30(40)43-32(2,3)4)35(5)31(41)38(28(26)39)20-24-23-14-10-9-12-21(23)15-16-25(24)42-6/h9-10,12,14-16,22H,11,13,17-20H2,1-6H3,(H,33,40). The van der Waals surface area contributed by atoms with Gasteiger partial charge in [-0.25, -0.2) is 9.59 Å². The van der Waals surface area contributed by atoms with E-state index < -0.39 is 22.9 Å². The van der Waals surface area contributed by atoms with Crippen LogP contribution in [0.15, 0.2) is 46.0 Å². The lowest BCUT2D eigenvalue weighted by molar-refractivity contribution is 0.0499. The third-order valence-electron chi connectivity index (χ3n) is 7.59. The Morgan fingerprint density at radius 1 is 1.14 bits per heavy atom. The highest BCUT2D eigenvalue weighted by molar-refractivity contribution is 5.88. The van der Waals surface area contributed by atoms with E-state index in [4.69, 9.17) is 14.5 Å². The van der Waals surface area contributed by atoms with Gasteiger partial charge in [0, 0.05) is 31.7 Å². The summed E-state index contributed by atoms with van der Waals surface area (Å²) in [5.41, 5.74) is -0.219. The molecule has 0 radical (unpaired) electrons. The number of imidazole rings is 1. The van der Waals surface area contributed by atoms with Crippen LogP contribution in [0.1, 0.15) is 46.1 Å². The van der Waals surface area contributed by atoms with Crippen LogP contribution in [-0.4, -0.2) is 56.6 Å². The van der Waals surface area contributed by atoms with Crippen molar-refractivity contribution in [2.24, 2.45) is 7.05 Å². The molecule has 1 fully saturated rings. The molecule has 226 valence electrons. The molecule has 2 aromatic carbocycles. The van der Waals surface area contributed by atoms with Gasteiger partial charge in [0.25, 0.3) is 5.56 Å². The molecule has 5 rings (SSSR count). The maximum atomic E-state index is 14.2. The molecule has 2 aromatic heterocycles. The molecule has 3 heterocycles. The number of nitrogens with one attached hydrogen (secondary N) is 1. The molecule has 11 heteroatoms. The Kier molecular flexibility index (Phi) is 8.22. The van der Waals surface area contributed by atoms with Crippen LogP contribution in [-0.2, 0) is 24.9 Å². The zero-order chi connectivity index (χ0) is 30.9. The summed E-state index contributed by atoms with van der Waals surface area (Å²) >= 11 is 0. The summed E-state index contributed by atoms with van der Waals surface area (Å²) in [7, 11) is 3.20. The van der Waals surface area contributed by atoms with E-state index in [1.807, 2.05) is 62.1 Å². The number of fused-ring (bicyclic) bond motifs is 2. The van der Waals surface area contributed by atoms with Crippen molar-refractivity contribution in [1.29, 1.82) is 0 Å². The number of alkyl carbamates (subject to hydrolysis) is 1. The van der Waals surface area contributed by atoms with Crippen LogP contribution in [0.5, 0.6) is 5.75 Å². The van der Waals surface area contributed by atoms with Gasteiger partial charge in [-0.3, -0.25) is 18.5 Å². The van der Waals surface area contributed by atoms with Crippen LogP contribution in [0.3, 0.4) is 0 Å². The maximum absolute atomic E-state index is 14.2. The quantitative estimate of drug-likeness (QED) is 0.344. The predicted molar refractivity (Wildman–Crippen MR) is 167 cm³/mol. The van der Waals surface area contributed by atoms with Gasteiger partial charge in [-0.15, -0.1) is 5.92 Å². The summed E-state index contributed by atoms with van der Waals surface area (Å²) in [5, 5.41) is 4.85. The molecule has 0 spiro atoms. The molecule has 1 amide bonds. The van der Waals surface area contributed by atoms with E-state index in [1.54, 1.807) is 25.6 Å². The molecule has 1 saturated heterocycles. The first-order valence-electron chi connectivity index (χ1n) is 14.4. The summed E-state index contributed by atoms with van der Waals surface area (Å²) in [5.74, 6) is 7.10. The van der Waals surface area contributed by atoms with Crippen LogP contribution in [0.25, 0.3) is 21.9 Å². The van der Waals surface area contributed by atoms with E-state index in [1.165, 1.54) is 9.13 Å². The second-order valence-electron chi connectivity index (χ2n) is 11.7. The largest absolute Gasteiger partial charge is 0.496 e. The Hall–Kier alpha value is -4.72. The minimum absolute atomic E-state index is 0.0253. The zero-order valence-corrected chi connectivity index (χ0v) is 25.6. The Bertz CT molecular complexity index is 1870. The van der Waals surface area contributed by atoms with Crippen molar-refractivity contribution < 1.29 is 14.3 Å². The van der Waals surface area contributed by atoms with Crippen molar-refractivity contribution in [3.63, 3.8) is 0 Å². The summed E-state index contributed by atoms with van der Waals surface area (Å²) in [6.07, 6.45) is 1.11. The number of amides is 1. The van der Waals surface area contributed by atoms with Crippen molar-refractivity contribution in [2.45, 2.75) is 65.3 Å².